The van der Waals surface area contributed by atoms with Crippen LogP contribution in [0.5, 0.6) is 0 Å². The molecule has 0 heterocycles. The molecule has 1 saturated carbocycles. The molecule has 1 N–H and O–H groups in total. The van der Waals surface area contributed by atoms with Crippen molar-refractivity contribution in [2.24, 2.45) is 5.92 Å². The molecule has 0 aliphatic heterocycles. The third-order valence-electron chi connectivity index (χ3n) is 6.16. The highest BCUT2D eigenvalue weighted by atomic mass is 32.2. The van der Waals surface area contributed by atoms with Crippen molar-refractivity contribution in [2.75, 3.05) is 6.61 Å². The van der Waals surface area contributed by atoms with E-state index in [0.717, 1.165) is 37.5 Å². The van der Waals surface area contributed by atoms with Gasteiger partial charge in [-0.25, -0.2) is 8.42 Å². The highest BCUT2D eigenvalue weighted by Crippen LogP contribution is 2.53. The van der Waals surface area contributed by atoms with Crippen LogP contribution in [0.3, 0.4) is 0 Å². The minimum atomic E-state index is -5.79. The number of ether oxygens (including phenoxy) is 1. The molecule has 2 aromatic rings. The first-order valence-corrected chi connectivity index (χ1v) is 12.4. The van der Waals surface area contributed by atoms with Crippen LogP contribution in [-0.4, -0.2) is 33.3 Å². The van der Waals surface area contributed by atoms with Crippen molar-refractivity contribution < 1.29 is 44.3 Å². The number of hydrogen-bond acceptors (Lipinski definition) is 4. The van der Waals surface area contributed by atoms with Gasteiger partial charge in [-0.15, -0.1) is 0 Å². The normalized spacial score (nSPS) is 15.7. The predicted octanol–water partition coefficient (Wildman–Crippen LogP) is 5.34. The average molecular weight is 538 g/mol. The van der Waals surface area contributed by atoms with Crippen LogP contribution < -0.4 is 5.32 Å². The number of nitrogens with one attached hydrogen (secondary N) is 1. The van der Waals surface area contributed by atoms with E-state index in [1.165, 1.54) is 0 Å². The monoisotopic (exact) mass is 537 g/mol. The van der Waals surface area contributed by atoms with Gasteiger partial charge in [-0.2, -0.15) is 26.3 Å². The summed E-state index contributed by atoms with van der Waals surface area (Å²) in [6.45, 7) is 1.96. The molecular formula is C24H25F6NO4S. The molecular weight excluding hydrogens is 512 g/mol. The Balaban J connectivity index is 1.76. The summed E-state index contributed by atoms with van der Waals surface area (Å²) in [5, 5.41) is 2.02. The van der Waals surface area contributed by atoms with Crippen LogP contribution in [0.15, 0.2) is 42.5 Å². The summed E-state index contributed by atoms with van der Waals surface area (Å²) in [6.07, 6.45) is -9.87. The fraction of sp³-hybridized carbons (Fsp3) is 0.458. The molecule has 198 valence electrons. The first kappa shape index (κ1) is 28.0. The predicted molar refractivity (Wildman–Crippen MR) is 120 cm³/mol. The van der Waals surface area contributed by atoms with E-state index in [1.54, 1.807) is 25.1 Å². The molecule has 36 heavy (non-hydrogen) atoms. The summed E-state index contributed by atoms with van der Waals surface area (Å²) in [5.41, 5.74) is -3.75. The van der Waals surface area contributed by atoms with Gasteiger partial charge in [0.1, 0.15) is 10.7 Å². The minimum absolute atomic E-state index is 0.0261. The van der Waals surface area contributed by atoms with Crippen molar-refractivity contribution in [1.82, 2.24) is 5.32 Å². The van der Waals surface area contributed by atoms with E-state index in [4.69, 9.17) is 0 Å². The van der Waals surface area contributed by atoms with Crippen molar-refractivity contribution in [3.63, 3.8) is 0 Å². The average Bonchev–Trinajstić information content (AvgIpc) is 3.60. The van der Waals surface area contributed by atoms with E-state index in [0.29, 0.717) is 23.3 Å². The van der Waals surface area contributed by atoms with E-state index in [-0.39, 0.29) is 18.0 Å². The Hall–Kier alpha value is -2.60. The maximum atomic E-state index is 13.6. The Bertz CT molecular complexity index is 1150. The van der Waals surface area contributed by atoms with Crippen molar-refractivity contribution >= 4 is 16.6 Å². The summed E-state index contributed by atoms with van der Waals surface area (Å²) >= 11 is 0. The summed E-state index contributed by atoms with van der Waals surface area (Å²) < 4.78 is 109. The second-order valence-electron chi connectivity index (χ2n) is 8.62. The van der Waals surface area contributed by atoms with E-state index >= 15 is 0 Å². The van der Waals surface area contributed by atoms with Gasteiger partial charge in [0.15, 0.2) is 0 Å². The quantitative estimate of drug-likeness (QED) is 0.335. The highest BCUT2D eigenvalue weighted by Gasteiger charge is 2.73. The van der Waals surface area contributed by atoms with Crippen LogP contribution in [0.25, 0.3) is 0 Å². The molecule has 12 heteroatoms. The lowest BCUT2D eigenvalue weighted by molar-refractivity contribution is -0.388. The lowest BCUT2D eigenvalue weighted by atomic mass is 9.91. The largest absolute Gasteiger partial charge is 0.430 e. The fourth-order valence-corrected chi connectivity index (χ4v) is 5.21. The number of thiol groups is 1. The van der Waals surface area contributed by atoms with Gasteiger partial charge in [-0.1, -0.05) is 30.3 Å². The SMILES string of the molecule is CCOC(c1ccc(C(=O)NCc2ccc(C(C3CC3)[SH](=O)=O)cc2C)cc1)(C(F)(F)F)C(F)(F)F. The Morgan fingerprint density at radius 2 is 1.61 bits per heavy atom. The summed E-state index contributed by atoms with van der Waals surface area (Å²) in [5.74, 6) is -0.597. The molecule has 5 nitrogen and oxygen atoms in total. The number of rotatable bonds is 9. The molecule has 0 radical (unpaired) electrons. The zero-order valence-corrected chi connectivity index (χ0v) is 20.3. The Labute approximate surface area is 205 Å². The molecule has 1 amide bonds. The van der Waals surface area contributed by atoms with Crippen LogP contribution in [0, 0.1) is 12.8 Å². The molecule has 1 aliphatic rings. The lowest BCUT2D eigenvalue weighted by Crippen LogP contribution is -2.56. The highest BCUT2D eigenvalue weighted by molar-refractivity contribution is 7.72. The fourth-order valence-electron chi connectivity index (χ4n) is 4.16. The number of carbonyl (C=O) groups is 1. The van der Waals surface area contributed by atoms with Crippen LogP contribution >= 0.6 is 0 Å². The van der Waals surface area contributed by atoms with Crippen molar-refractivity contribution in [1.29, 1.82) is 0 Å². The minimum Gasteiger partial charge on any atom is -0.354 e. The van der Waals surface area contributed by atoms with Gasteiger partial charge in [0, 0.05) is 24.3 Å². The van der Waals surface area contributed by atoms with Gasteiger partial charge in [0.25, 0.3) is 11.5 Å². The molecule has 0 aromatic heterocycles. The number of alkyl halides is 6. The molecule has 0 saturated heterocycles. The maximum absolute atomic E-state index is 13.6. The molecule has 1 unspecified atom stereocenters. The topological polar surface area (TPSA) is 72.5 Å². The number of halogens is 6. The zero-order valence-electron chi connectivity index (χ0n) is 19.4. The second kappa shape index (κ2) is 10.4. The molecule has 1 aliphatic carbocycles. The molecule has 1 atom stereocenters. The van der Waals surface area contributed by atoms with E-state index < -0.39 is 52.0 Å². The van der Waals surface area contributed by atoms with E-state index in [1.807, 2.05) is 0 Å². The van der Waals surface area contributed by atoms with E-state index in [2.05, 4.69) is 10.1 Å². The molecule has 2 aromatic carbocycles. The number of aryl methyl sites for hydroxylation is 1. The Morgan fingerprint density at radius 1 is 1.03 bits per heavy atom. The number of benzene rings is 2. The van der Waals surface area contributed by atoms with Crippen LogP contribution in [-0.2, 0) is 27.6 Å². The summed E-state index contributed by atoms with van der Waals surface area (Å²) in [6, 6.07) is 8.01. The smallest absolute Gasteiger partial charge is 0.354 e. The standard InChI is InChI=1S/C24H25F6NO4S/c1-3-35-22(23(25,26)27,24(28,29)30)19-10-8-16(9-11-19)21(32)31-13-18-7-6-17(12-14(18)2)20(36(33)34)15-4-5-15/h6-12,15,20,36H,3-5,13H2,1-2H3,(H,31,32). The number of carbonyl (C=O) groups excluding carboxylic acids is 1. The van der Waals surface area contributed by atoms with Crippen LogP contribution in [0.1, 0.15) is 57.6 Å². The van der Waals surface area contributed by atoms with Crippen molar-refractivity contribution in [3.8, 4) is 0 Å². The number of amides is 1. The summed E-state index contributed by atoms with van der Waals surface area (Å²) in [7, 11) is -2.64. The van der Waals surface area contributed by atoms with Crippen LogP contribution in [0.2, 0.25) is 0 Å². The Morgan fingerprint density at radius 3 is 2.06 bits per heavy atom. The maximum Gasteiger partial charge on any atom is 0.430 e. The zero-order chi connectivity index (χ0) is 26.9. The first-order chi connectivity index (χ1) is 16.7. The van der Waals surface area contributed by atoms with Crippen molar-refractivity contribution in [2.45, 2.75) is 56.4 Å². The molecule has 3 rings (SSSR count). The van der Waals surface area contributed by atoms with Gasteiger partial charge in [-0.3, -0.25) is 4.79 Å². The van der Waals surface area contributed by atoms with Crippen LogP contribution in [0.4, 0.5) is 26.3 Å². The summed E-state index contributed by atoms with van der Waals surface area (Å²) in [4.78, 5) is 12.5. The third kappa shape index (κ3) is 5.54. The van der Waals surface area contributed by atoms with E-state index in [9.17, 15) is 39.6 Å². The van der Waals surface area contributed by atoms with Gasteiger partial charge < -0.3 is 10.1 Å². The molecule has 0 spiro atoms. The Kier molecular flexibility index (Phi) is 8.09. The first-order valence-electron chi connectivity index (χ1n) is 11.1. The van der Waals surface area contributed by atoms with Gasteiger partial charge in [-0.05, 0) is 61.4 Å². The second-order valence-corrected chi connectivity index (χ2v) is 9.75. The number of hydrogen-bond donors (Lipinski definition) is 2. The van der Waals surface area contributed by atoms with Gasteiger partial charge in [0.2, 0.25) is 0 Å². The van der Waals surface area contributed by atoms with Gasteiger partial charge in [0.05, 0.1) is 5.25 Å². The molecule has 1 fully saturated rings. The van der Waals surface area contributed by atoms with Gasteiger partial charge >= 0.3 is 12.4 Å². The third-order valence-corrected chi connectivity index (χ3v) is 7.33. The van der Waals surface area contributed by atoms with Crippen molar-refractivity contribution in [3.05, 3.63) is 70.3 Å². The lowest BCUT2D eigenvalue weighted by Gasteiger charge is -2.37. The molecule has 0 bridgehead atoms.